The first-order valence-corrected chi connectivity index (χ1v) is 7.70. The first-order valence-electron chi connectivity index (χ1n) is 7.70. The highest BCUT2D eigenvalue weighted by Gasteiger charge is 2.06. The molecule has 0 spiro atoms. The van der Waals surface area contributed by atoms with Gasteiger partial charge in [-0.05, 0) is 36.2 Å². The predicted molar refractivity (Wildman–Crippen MR) is 92.3 cm³/mol. The minimum atomic E-state index is -0.143. The second kappa shape index (κ2) is 9.46. The molecule has 1 amide bonds. The molecule has 0 saturated heterocycles. The van der Waals surface area contributed by atoms with Gasteiger partial charge in [-0.3, -0.25) is 4.79 Å². The van der Waals surface area contributed by atoms with E-state index in [-0.39, 0.29) is 12.3 Å². The minimum absolute atomic E-state index is 0.143. The summed E-state index contributed by atoms with van der Waals surface area (Å²) in [6.45, 7) is 1.45. The van der Waals surface area contributed by atoms with Crippen LogP contribution in [0, 0.1) is 0 Å². The van der Waals surface area contributed by atoms with Gasteiger partial charge in [-0.25, -0.2) is 0 Å². The van der Waals surface area contributed by atoms with E-state index in [1.165, 1.54) is 0 Å². The van der Waals surface area contributed by atoms with Gasteiger partial charge in [0.1, 0.15) is 11.6 Å². The van der Waals surface area contributed by atoms with E-state index in [1.54, 1.807) is 26.4 Å². The number of amides is 1. The first-order chi connectivity index (χ1) is 11.7. The number of methoxy groups -OCH3 is 2. The minimum Gasteiger partial charge on any atom is -0.497 e. The second-order valence-electron chi connectivity index (χ2n) is 5.15. The lowest BCUT2D eigenvalue weighted by molar-refractivity contribution is -0.115. The van der Waals surface area contributed by atoms with Crippen molar-refractivity contribution in [3.05, 3.63) is 42.0 Å². The van der Waals surface area contributed by atoms with Gasteiger partial charge < -0.3 is 20.1 Å². The Balaban J connectivity index is 1.80. The summed E-state index contributed by atoms with van der Waals surface area (Å²) in [4.78, 5) is 12.0. The Morgan fingerprint density at radius 3 is 2.38 bits per heavy atom. The summed E-state index contributed by atoms with van der Waals surface area (Å²) in [5.41, 5.74) is 0.901. The largest absolute Gasteiger partial charge is 0.497 e. The molecule has 0 fully saturated rings. The molecule has 0 saturated carbocycles. The SMILES string of the molecule is COCCCNc1ccc(NC(=O)Cc2ccc(OC)cc2)nn1. The van der Waals surface area contributed by atoms with Crippen LogP contribution in [0.5, 0.6) is 5.75 Å². The van der Waals surface area contributed by atoms with E-state index in [1.807, 2.05) is 24.3 Å². The maximum Gasteiger partial charge on any atom is 0.229 e. The Hall–Kier alpha value is -2.67. The van der Waals surface area contributed by atoms with Crippen molar-refractivity contribution >= 4 is 17.5 Å². The number of rotatable bonds is 9. The number of nitrogens with zero attached hydrogens (tertiary/aromatic N) is 2. The summed E-state index contributed by atoms with van der Waals surface area (Å²) in [6, 6.07) is 10.9. The number of hydrogen-bond acceptors (Lipinski definition) is 6. The molecular formula is C17H22N4O3. The Bertz CT molecular complexity index is 629. The van der Waals surface area contributed by atoms with Gasteiger partial charge in [-0.15, -0.1) is 10.2 Å². The van der Waals surface area contributed by atoms with Gasteiger partial charge in [0.15, 0.2) is 5.82 Å². The highest BCUT2D eigenvalue weighted by atomic mass is 16.5. The molecule has 7 nitrogen and oxygen atoms in total. The number of benzene rings is 1. The van der Waals surface area contributed by atoms with Crippen LogP contribution in [0.15, 0.2) is 36.4 Å². The molecule has 2 rings (SSSR count). The van der Waals surface area contributed by atoms with Crippen LogP contribution in [0.2, 0.25) is 0 Å². The van der Waals surface area contributed by atoms with Crippen LogP contribution in [0.25, 0.3) is 0 Å². The maximum absolute atomic E-state index is 12.0. The van der Waals surface area contributed by atoms with Gasteiger partial charge in [-0.1, -0.05) is 12.1 Å². The van der Waals surface area contributed by atoms with Crippen LogP contribution in [0.3, 0.4) is 0 Å². The van der Waals surface area contributed by atoms with Gasteiger partial charge in [0.2, 0.25) is 5.91 Å². The molecule has 0 radical (unpaired) electrons. The van der Waals surface area contributed by atoms with E-state index < -0.39 is 0 Å². The third kappa shape index (κ3) is 5.85. The van der Waals surface area contributed by atoms with E-state index >= 15 is 0 Å². The Kier molecular flexibility index (Phi) is 6.97. The van der Waals surface area contributed by atoms with E-state index in [4.69, 9.17) is 9.47 Å². The Morgan fingerprint density at radius 2 is 1.75 bits per heavy atom. The molecule has 2 N–H and O–H groups in total. The standard InChI is InChI=1S/C17H22N4O3/c1-23-11-3-10-18-15-8-9-16(21-20-15)19-17(22)12-13-4-6-14(24-2)7-5-13/h4-9H,3,10-12H2,1-2H3,(H,18,20)(H,19,21,22). The number of aromatic nitrogens is 2. The first kappa shape index (κ1) is 17.7. The molecule has 128 valence electrons. The third-order valence-corrected chi connectivity index (χ3v) is 3.29. The van der Waals surface area contributed by atoms with Gasteiger partial charge in [0.25, 0.3) is 0 Å². The number of nitrogens with one attached hydrogen (secondary N) is 2. The molecule has 0 aliphatic rings. The molecule has 1 aromatic heterocycles. The van der Waals surface area contributed by atoms with Crippen LogP contribution in [-0.4, -0.2) is 43.5 Å². The number of carbonyl (C=O) groups excluding carboxylic acids is 1. The lowest BCUT2D eigenvalue weighted by atomic mass is 10.1. The van der Waals surface area contributed by atoms with Crippen LogP contribution >= 0.6 is 0 Å². The molecular weight excluding hydrogens is 308 g/mol. The molecule has 0 aliphatic heterocycles. The van der Waals surface area contributed by atoms with E-state index in [9.17, 15) is 4.79 Å². The fourth-order valence-corrected chi connectivity index (χ4v) is 2.04. The smallest absolute Gasteiger partial charge is 0.229 e. The van der Waals surface area contributed by atoms with Crippen molar-refractivity contribution in [2.45, 2.75) is 12.8 Å². The zero-order chi connectivity index (χ0) is 17.2. The van der Waals surface area contributed by atoms with Gasteiger partial charge in [-0.2, -0.15) is 0 Å². The molecule has 0 bridgehead atoms. The number of anilines is 2. The Morgan fingerprint density at radius 1 is 1.04 bits per heavy atom. The third-order valence-electron chi connectivity index (χ3n) is 3.29. The van der Waals surface area contributed by atoms with E-state index in [0.29, 0.717) is 18.2 Å². The zero-order valence-corrected chi connectivity index (χ0v) is 13.9. The van der Waals surface area contributed by atoms with Crippen molar-refractivity contribution in [1.82, 2.24) is 10.2 Å². The van der Waals surface area contributed by atoms with Crippen LogP contribution < -0.4 is 15.4 Å². The molecule has 1 aromatic carbocycles. The van der Waals surface area contributed by atoms with Crippen LogP contribution in [0.4, 0.5) is 11.6 Å². The summed E-state index contributed by atoms with van der Waals surface area (Å²) in [5, 5.41) is 13.9. The van der Waals surface area contributed by atoms with E-state index in [2.05, 4.69) is 20.8 Å². The molecule has 7 heteroatoms. The zero-order valence-electron chi connectivity index (χ0n) is 13.9. The topological polar surface area (TPSA) is 85.4 Å². The number of ether oxygens (including phenoxy) is 2. The summed E-state index contributed by atoms with van der Waals surface area (Å²) in [7, 11) is 3.28. The highest BCUT2D eigenvalue weighted by molar-refractivity contribution is 5.91. The molecule has 1 heterocycles. The maximum atomic E-state index is 12.0. The fourth-order valence-electron chi connectivity index (χ4n) is 2.04. The lowest BCUT2D eigenvalue weighted by Gasteiger charge is -2.07. The van der Waals surface area contributed by atoms with Crippen LogP contribution in [0.1, 0.15) is 12.0 Å². The van der Waals surface area contributed by atoms with Crippen LogP contribution in [-0.2, 0) is 16.0 Å². The fraction of sp³-hybridized carbons (Fsp3) is 0.353. The average Bonchev–Trinajstić information content (AvgIpc) is 2.61. The van der Waals surface area contributed by atoms with Gasteiger partial charge >= 0.3 is 0 Å². The number of carbonyl (C=O) groups is 1. The summed E-state index contributed by atoms with van der Waals surface area (Å²) >= 11 is 0. The van der Waals surface area contributed by atoms with E-state index in [0.717, 1.165) is 24.3 Å². The summed E-state index contributed by atoms with van der Waals surface area (Å²) < 4.78 is 10.1. The average molecular weight is 330 g/mol. The van der Waals surface area contributed by atoms with Crippen molar-refractivity contribution in [1.29, 1.82) is 0 Å². The molecule has 0 atom stereocenters. The van der Waals surface area contributed by atoms with Crippen molar-refractivity contribution in [3.8, 4) is 5.75 Å². The summed E-state index contributed by atoms with van der Waals surface area (Å²) in [6.07, 6.45) is 1.15. The normalized spacial score (nSPS) is 10.2. The molecule has 0 unspecified atom stereocenters. The second-order valence-corrected chi connectivity index (χ2v) is 5.15. The highest BCUT2D eigenvalue weighted by Crippen LogP contribution is 2.12. The molecule has 2 aromatic rings. The molecule has 0 aliphatic carbocycles. The van der Waals surface area contributed by atoms with Crippen molar-refractivity contribution in [3.63, 3.8) is 0 Å². The van der Waals surface area contributed by atoms with Crippen molar-refractivity contribution in [2.24, 2.45) is 0 Å². The predicted octanol–water partition coefficient (Wildman–Crippen LogP) is 2.11. The lowest BCUT2D eigenvalue weighted by Crippen LogP contribution is -2.16. The van der Waals surface area contributed by atoms with Gasteiger partial charge in [0.05, 0.1) is 13.5 Å². The number of hydrogen-bond donors (Lipinski definition) is 2. The Labute approximate surface area is 141 Å². The quantitative estimate of drug-likeness (QED) is 0.685. The van der Waals surface area contributed by atoms with Crippen molar-refractivity contribution in [2.75, 3.05) is 38.0 Å². The monoisotopic (exact) mass is 330 g/mol. The van der Waals surface area contributed by atoms with Crippen molar-refractivity contribution < 1.29 is 14.3 Å². The van der Waals surface area contributed by atoms with Gasteiger partial charge in [0, 0.05) is 20.3 Å². The summed E-state index contributed by atoms with van der Waals surface area (Å²) in [5.74, 6) is 1.71. The molecule has 24 heavy (non-hydrogen) atoms.